The summed E-state index contributed by atoms with van der Waals surface area (Å²) < 4.78 is 6.45. The van der Waals surface area contributed by atoms with Crippen LogP contribution in [0.3, 0.4) is 0 Å². The number of fused-ring (bicyclic) bond motifs is 1. The molecule has 0 spiro atoms. The number of para-hydroxylation sites is 4. The Balaban J connectivity index is 0.000000211. The van der Waals surface area contributed by atoms with Gasteiger partial charge < -0.3 is 9.94 Å². The van der Waals surface area contributed by atoms with E-state index in [-0.39, 0.29) is 36.6 Å². The molecule has 4 aromatic carbocycles. The molecule has 236 valence electrons. The van der Waals surface area contributed by atoms with Crippen molar-refractivity contribution in [1.82, 2.24) is 9.30 Å². The van der Waals surface area contributed by atoms with Gasteiger partial charge in [-0.1, -0.05) is 84.4 Å². The van der Waals surface area contributed by atoms with Gasteiger partial charge in [-0.25, -0.2) is 4.79 Å². The Bertz CT molecular complexity index is 1990. The Morgan fingerprint density at radius 3 is 2.15 bits per heavy atom. The maximum atomic E-state index is 12.5. The average molecular weight is 645 g/mol. The Labute approximate surface area is 267 Å². The third-order valence-corrected chi connectivity index (χ3v) is 7.21. The molecule has 0 saturated carbocycles. The zero-order chi connectivity index (χ0) is 33.2. The number of ether oxygens (including phenoxy) is 1. The van der Waals surface area contributed by atoms with Gasteiger partial charge in [0.05, 0.1) is 23.6 Å². The van der Waals surface area contributed by atoms with Crippen LogP contribution in [0.1, 0.15) is 18.1 Å². The van der Waals surface area contributed by atoms with E-state index in [2.05, 4.69) is 0 Å². The molecule has 1 aromatic heterocycles. The fourth-order valence-electron chi connectivity index (χ4n) is 4.62. The monoisotopic (exact) mass is 644 g/mol. The normalized spacial score (nSPS) is 10.5. The first-order chi connectivity index (χ1) is 22.1. The summed E-state index contributed by atoms with van der Waals surface area (Å²) in [5.74, 6) is -1.96. The van der Waals surface area contributed by atoms with Crippen molar-refractivity contribution < 1.29 is 24.5 Å². The van der Waals surface area contributed by atoms with E-state index in [4.69, 9.17) is 16.3 Å². The number of hydrogen-bond acceptors (Lipinski definition) is 8. The molecule has 13 heteroatoms. The first-order valence-corrected chi connectivity index (χ1v) is 14.4. The van der Waals surface area contributed by atoms with E-state index in [1.54, 1.807) is 55.5 Å². The van der Waals surface area contributed by atoms with Crippen LogP contribution < -0.4 is 16.0 Å². The van der Waals surface area contributed by atoms with Gasteiger partial charge >= 0.3 is 23.0 Å². The molecule has 0 bridgehead atoms. The summed E-state index contributed by atoms with van der Waals surface area (Å²) in [6, 6.07) is 28.9. The molecular formula is C33H29ClN4O8. The summed E-state index contributed by atoms with van der Waals surface area (Å²) in [6.07, 6.45) is 0.442. The molecule has 0 atom stereocenters. The summed E-state index contributed by atoms with van der Waals surface area (Å²) in [5, 5.41) is 21.5. The van der Waals surface area contributed by atoms with E-state index in [0.717, 1.165) is 16.0 Å². The van der Waals surface area contributed by atoms with E-state index in [9.17, 15) is 34.5 Å². The molecule has 0 aliphatic carbocycles. The van der Waals surface area contributed by atoms with Crippen LogP contribution in [-0.2, 0) is 27.3 Å². The van der Waals surface area contributed by atoms with Gasteiger partial charge in [0.15, 0.2) is 0 Å². The lowest BCUT2D eigenvalue weighted by Crippen LogP contribution is -2.41. The van der Waals surface area contributed by atoms with Crippen molar-refractivity contribution in [2.24, 2.45) is 0 Å². The SMILES string of the molecule is CCOC(=O)C(=O)N(CCc1ccccc1)c1ccccc1[N+](=O)[O-].O=c1c(=O)n(Cc2ccccc2Cl)c2ccccc2n1O. The number of rotatable bonds is 8. The number of nitrogens with zero attached hydrogens (tertiary/aromatic N) is 4. The van der Waals surface area contributed by atoms with Crippen molar-refractivity contribution in [2.45, 2.75) is 19.9 Å². The number of amides is 1. The Hall–Kier alpha value is -5.75. The topological polar surface area (TPSA) is 154 Å². The lowest BCUT2D eigenvalue weighted by molar-refractivity contribution is -0.384. The van der Waals surface area contributed by atoms with Gasteiger partial charge in [0.25, 0.3) is 5.69 Å². The van der Waals surface area contributed by atoms with E-state index < -0.39 is 27.9 Å². The second kappa shape index (κ2) is 15.3. The number of benzene rings is 4. The lowest BCUT2D eigenvalue weighted by atomic mass is 10.1. The molecule has 5 aromatic rings. The van der Waals surface area contributed by atoms with Crippen LogP contribution in [0.2, 0.25) is 5.02 Å². The molecule has 46 heavy (non-hydrogen) atoms. The fourth-order valence-corrected chi connectivity index (χ4v) is 4.81. The highest BCUT2D eigenvalue weighted by molar-refractivity contribution is 6.38. The number of anilines is 1. The highest BCUT2D eigenvalue weighted by atomic mass is 35.5. The highest BCUT2D eigenvalue weighted by Gasteiger charge is 2.29. The average Bonchev–Trinajstić information content (AvgIpc) is 3.07. The molecule has 0 radical (unpaired) electrons. The third-order valence-electron chi connectivity index (χ3n) is 6.84. The summed E-state index contributed by atoms with van der Waals surface area (Å²) in [7, 11) is 0. The van der Waals surface area contributed by atoms with Crippen LogP contribution in [0.15, 0.2) is 113 Å². The number of aromatic nitrogens is 2. The predicted octanol–water partition coefficient (Wildman–Crippen LogP) is 4.84. The molecule has 1 heterocycles. The maximum absolute atomic E-state index is 12.5. The van der Waals surface area contributed by atoms with Gasteiger partial charge in [-0.05, 0) is 48.7 Å². The van der Waals surface area contributed by atoms with Crippen molar-refractivity contribution in [3.8, 4) is 0 Å². The third kappa shape index (κ3) is 7.66. The molecule has 0 unspecified atom stereocenters. The minimum Gasteiger partial charge on any atom is -0.459 e. The second-order valence-electron chi connectivity index (χ2n) is 9.75. The fraction of sp³-hybridized carbons (Fsp3) is 0.152. The smallest absolute Gasteiger partial charge is 0.397 e. The number of esters is 1. The van der Waals surface area contributed by atoms with Gasteiger partial charge in [-0.3, -0.25) is 34.0 Å². The van der Waals surface area contributed by atoms with Crippen LogP contribution in [0.25, 0.3) is 11.0 Å². The number of carbonyl (C=O) groups is 2. The molecule has 5 rings (SSSR count). The Morgan fingerprint density at radius 2 is 1.48 bits per heavy atom. The number of nitro groups is 1. The summed E-state index contributed by atoms with van der Waals surface area (Å²) in [5.41, 5.74) is 0.453. The molecule has 0 aliphatic rings. The molecular weight excluding hydrogens is 616 g/mol. The van der Waals surface area contributed by atoms with Crippen LogP contribution in [-0.4, -0.2) is 44.5 Å². The van der Waals surface area contributed by atoms with Crippen molar-refractivity contribution in [1.29, 1.82) is 0 Å². The van der Waals surface area contributed by atoms with Crippen LogP contribution in [0, 0.1) is 10.1 Å². The molecule has 12 nitrogen and oxygen atoms in total. The zero-order valence-electron chi connectivity index (χ0n) is 24.6. The van der Waals surface area contributed by atoms with Gasteiger partial charge in [0.2, 0.25) is 0 Å². The summed E-state index contributed by atoms with van der Waals surface area (Å²) in [4.78, 5) is 60.1. The molecule has 1 amide bonds. The van der Waals surface area contributed by atoms with E-state index in [1.165, 1.54) is 22.8 Å². The number of carbonyl (C=O) groups excluding carboxylic acids is 2. The van der Waals surface area contributed by atoms with Crippen LogP contribution in [0.5, 0.6) is 0 Å². The van der Waals surface area contributed by atoms with Gasteiger partial charge in [0.1, 0.15) is 11.2 Å². The number of halogens is 1. The zero-order valence-corrected chi connectivity index (χ0v) is 25.4. The minimum atomic E-state index is -1.03. The van der Waals surface area contributed by atoms with Crippen LogP contribution >= 0.6 is 11.6 Å². The first kappa shape index (κ1) is 33.1. The van der Waals surface area contributed by atoms with Crippen LogP contribution in [0.4, 0.5) is 11.4 Å². The first-order valence-electron chi connectivity index (χ1n) is 14.1. The highest BCUT2D eigenvalue weighted by Crippen LogP contribution is 2.28. The van der Waals surface area contributed by atoms with Gasteiger partial charge in [-0.2, -0.15) is 0 Å². The summed E-state index contributed by atoms with van der Waals surface area (Å²) >= 11 is 6.10. The van der Waals surface area contributed by atoms with Crippen molar-refractivity contribution >= 4 is 45.9 Å². The standard InChI is InChI=1S/C18H18N2O5.C15H11ClN2O3/c1-2-25-18(22)17(21)19(13-12-14-8-4-3-5-9-14)15-10-6-7-11-16(15)20(23)24;16-11-6-2-1-5-10(11)9-17-12-7-3-4-8-13(12)18(21)15(20)14(17)19/h3-11H,2,12-13H2,1H3;1-8,21H,9H2. The largest absolute Gasteiger partial charge is 0.459 e. The predicted molar refractivity (Wildman–Crippen MR) is 172 cm³/mol. The van der Waals surface area contributed by atoms with E-state index >= 15 is 0 Å². The second-order valence-corrected chi connectivity index (χ2v) is 10.2. The van der Waals surface area contributed by atoms with E-state index in [0.29, 0.717) is 21.7 Å². The minimum absolute atomic E-state index is 0.0496. The molecule has 0 saturated heterocycles. The van der Waals surface area contributed by atoms with Crippen molar-refractivity contribution in [2.75, 3.05) is 18.1 Å². The number of hydrogen-bond donors (Lipinski definition) is 1. The Morgan fingerprint density at radius 1 is 0.870 bits per heavy atom. The summed E-state index contributed by atoms with van der Waals surface area (Å²) in [6.45, 7) is 1.92. The maximum Gasteiger partial charge on any atom is 0.397 e. The lowest BCUT2D eigenvalue weighted by Gasteiger charge is -2.21. The van der Waals surface area contributed by atoms with Gasteiger partial charge in [0, 0.05) is 17.6 Å². The number of nitro benzene ring substituents is 1. The van der Waals surface area contributed by atoms with Crippen molar-refractivity contribution in [3.63, 3.8) is 0 Å². The molecule has 1 N–H and O–H groups in total. The molecule has 0 fully saturated rings. The van der Waals surface area contributed by atoms with Gasteiger partial charge in [-0.15, -0.1) is 4.73 Å². The Kier molecular flexibility index (Phi) is 11.0. The molecule has 0 aliphatic heterocycles. The van der Waals surface area contributed by atoms with Crippen molar-refractivity contribution in [3.05, 3.63) is 150 Å². The quantitative estimate of drug-likeness (QED) is 0.0828. The van der Waals surface area contributed by atoms with E-state index in [1.807, 2.05) is 36.4 Å².